The van der Waals surface area contributed by atoms with Gasteiger partial charge in [0.2, 0.25) is 0 Å². The Labute approximate surface area is 112 Å². The van der Waals surface area contributed by atoms with E-state index in [1.54, 1.807) is 5.57 Å². The van der Waals surface area contributed by atoms with Crippen LogP contribution in [0.5, 0.6) is 0 Å². The van der Waals surface area contributed by atoms with Gasteiger partial charge in [-0.15, -0.1) is 0 Å². The first kappa shape index (κ1) is 13.7. The highest BCUT2D eigenvalue weighted by molar-refractivity contribution is 5.35. The maximum Gasteiger partial charge on any atom is 0.0680 e. The molecule has 2 aliphatic carbocycles. The summed E-state index contributed by atoms with van der Waals surface area (Å²) >= 11 is 0. The molecule has 1 N–H and O–H groups in total. The lowest BCUT2D eigenvalue weighted by atomic mass is 9.82. The lowest BCUT2D eigenvalue weighted by molar-refractivity contribution is 0.312. The maximum absolute atomic E-state index is 3.60. The summed E-state index contributed by atoms with van der Waals surface area (Å²) in [5.74, 6) is 1.01. The van der Waals surface area contributed by atoms with Crippen molar-refractivity contribution in [3.8, 4) is 0 Å². The lowest BCUT2D eigenvalue weighted by Crippen LogP contribution is -2.31. The van der Waals surface area contributed by atoms with Crippen molar-refractivity contribution < 1.29 is 0 Å². The van der Waals surface area contributed by atoms with Crippen molar-refractivity contribution in [3.05, 3.63) is 23.4 Å². The Morgan fingerprint density at radius 2 is 2.28 bits per heavy atom. The molecule has 1 fully saturated rings. The SMILES string of the molecule is CCC/C(C)=C/N(C)CNC1C=C1CC1CCC1. The summed E-state index contributed by atoms with van der Waals surface area (Å²) in [6, 6.07) is 0.605. The standard InChI is InChI=1S/C16H28N2/c1-4-6-13(2)11-18(3)12-17-16-10-15(16)9-14-7-5-8-14/h10-11,14,16-17H,4-9,12H2,1-3H3/b13-11+. The van der Waals surface area contributed by atoms with Crippen LogP contribution in [-0.4, -0.2) is 24.7 Å². The van der Waals surface area contributed by atoms with Crippen LogP contribution in [-0.2, 0) is 0 Å². The Hall–Kier alpha value is -0.760. The molecule has 102 valence electrons. The van der Waals surface area contributed by atoms with Gasteiger partial charge in [-0.3, -0.25) is 5.32 Å². The van der Waals surface area contributed by atoms with E-state index in [0.29, 0.717) is 6.04 Å². The van der Waals surface area contributed by atoms with Gasteiger partial charge in [-0.2, -0.15) is 0 Å². The summed E-state index contributed by atoms with van der Waals surface area (Å²) in [5.41, 5.74) is 3.13. The number of allylic oxidation sites excluding steroid dienone is 1. The van der Waals surface area contributed by atoms with E-state index in [4.69, 9.17) is 0 Å². The van der Waals surface area contributed by atoms with E-state index in [1.165, 1.54) is 44.1 Å². The number of nitrogens with one attached hydrogen (secondary N) is 1. The van der Waals surface area contributed by atoms with Gasteiger partial charge in [0.1, 0.15) is 0 Å². The van der Waals surface area contributed by atoms with Gasteiger partial charge >= 0.3 is 0 Å². The van der Waals surface area contributed by atoms with E-state index in [9.17, 15) is 0 Å². The molecule has 0 saturated heterocycles. The Balaban J connectivity index is 1.57. The second-order valence-electron chi connectivity index (χ2n) is 6.06. The molecule has 1 unspecified atom stereocenters. The predicted molar refractivity (Wildman–Crippen MR) is 78.3 cm³/mol. The zero-order chi connectivity index (χ0) is 13.0. The van der Waals surface area contributed by atoms with E-state index < -0.39 is 0 Å². The van der Waals surface area contributed by atoms with Crippen LogP contribution in [0.2, 0.25) is 0 Å². The summed E-state index contributed by atoms with van der Waals surface area (Å²) in [5, 5.41) is 3.60. The second kappa shape index (κ2) is 6.42. The highest BCUT2D eigenvalue weighted by Crippen LogP contribution is 2.37. The van der Waals surface area contributed by atoms with E-state index in [-0.39, 0.29) is 0 Å². The van der Waals surface area contributed by atoms with Crippen molar-refractivity contribution >= 4 is 0 Å². The first-order valence-corrected chi connectivity index (χ1v) is 7.50. The number of hydrogen-bond donors (Lipinski definition) is 1. The lowest BCUT2D eigenvalue weighted by Gasteiger charge is -2.24. The van der Waals surface area contributed by atoms with Gasteiger partial charge < -0.3 is 4.90 Å². The average Bonchev–Trinajstić information content (AvgIpc) is 2.99. The van der Waals surface area contributed by atoms with Gasteiger partial charge in [-0.1, -0.05) is 49.8 Å². The van der Waals surface area contributed by atoms with Crippen molar-refractivity contribution in [2.75, 3.05) is 13.7 Å². The van der Waals surface area contributed by atoms with Crippen LogP contribution >= 0.6 is 0 Å². The van der Waals surface area contributed by atoms with E-state index in [2.05, 4.69) is 43.4 Å². The van der Waals surface area contributed by atoms with Crippen LogP contribution in [0.4, 0.5) is 0 Å². The molecule has 0 amide bonds. The zero-order valence-corrected chi connectivity index (χ0v) is 12.2. The van der Waals surface area contributed by atoms with Gasteiger partial charge in [-0.25, -0.2) is 0 Å². The molecular formula is C16H28N2. The van der Waals surface area contributed by atoms with Gasteiger partial charge in [0, 0.05) is 13.1 Å². The summed E-state index contributed by atoms with van der Waals surface area (Å²) in [4.78, 5) is 2.26. The van der Waals surface area contributed by atoms with Gasteiger partial charge in [0.05, 0.1) is 6.67 Å². The Kier molecular flexibility index (Phi) is 4.87. The minimum absolute atomic E-state index is 0.605. The maximum atomic E-state index is 3.60. The van der Waals surface area contributed by atoms with Gasteiger partial charge in [0.25, 0.3) is 0 Å². The molecule has 0 aliphatic heterocycles. The van der Waals surface area contributed by atoms with E-state index in [0.717, 1.165) is 12.6 Å². The number of hydrogen-bond acceptors (Lipinski definition) is 2. The Morgan fingerprint density at radius 3 is 2.89 bits per heavy atom. The first-order chi connectivity index (χ1) is 8.69. The van der Waals surface area contributed by atoms with Crippen LogP contribution in [0, 0.1) is 5.92 Å². The summed E-state index contributed by atoms with van der Waals surface area (Å²) in [6.45, 7) is 5.41. The van der Waals surface area contributed by atoms with Crippen LogP contribution in [0.15, 0.2) is 23.4 Å². The third-order valence-corrected chi connectivity index (χ3v) is 4.07. The molecule has 18 heavy (non-hydrogen) atoms. The monoisotopic (exact) mass is 248 g/mol. The molecule has 0 bridgehead atoms. The van der Waals surface area contributed by atoms with E-state index in [1.807, 2.05) is 0 Å². The van der Waals surface area contributed by atoms with Crippen molar-refractivity contribution in [1.82, 2.24) is 10.2 Å². The largest absolute Gasteiger partial charge is 0.368 e. The smallest absolute Gasteiger partial charge is 0.0680 e. The normalized spacial score (nSPS) is 23.6. The molecule has 1 atom stereocenters. The fourth-order valence-electron chi connectivity index (χ4n) is 2.70. The number of rotatable bonds is 8. The quantitative estimate of drug-likeness (QED) is 0.521. The Morgan fingerprint density at radius 1 is 1.50 bits per heavy atom. The average molecular weight is 248 g/mol. The fraction of sp³-hybridized carbons (Fsp3) is 0.750. The fourth-order valence-corrected chi connectivity index (χ4v) is 2.70. The molecule has 2 heteroatoms. The number of nitrogens with zero attached hydrogens (tertiary/aromatic N) is 1. The topological polar surface area (TPSA) is 15.3 Å². The van der Waals surface area contributed by atoms with Crippen LogP contribution < -0.4 is 5.32 Å². The van der Waals surface area contributed by atoms with Crippen molar-refractivity contribution in [2.45, 2.75) is 58.4 Å². The molecule has 2 aliphatic rings. The third kappa shape index (κ3) is 4.16. The van der Waals surface area contributed by atoms with Crippen molar-refractivity contribution in [3.63, 3.8) is 0 Å². The van der Waals surface area contributed by atoms with Crippen molar-refractivity contribution in [2.24, 2.45) is 5.92 Å². The third-order valence-electron chi connectivity index (χ3n) is 4.07. The highest BCUT2D eigenvalue weighted by Gasteiger charge is 2.28. The minimum atomic E-state index is 0.605. The molecule has 1 saturated carbocycles. The van der Waals surface area contributed by atoms with Crippen LogP contribution in [0.25, 0.3) is 0 Å². The van der Waals surface area contributed by atoms with E-state index >= 15 is 0 Å². The summed E-state index contributed by atoms with van der Waals surface area (Å²) in [7, 11) is 2.15. The molecule has 0 aromatic rings. The summed E-state index contributed by atoms with van der Waals surface area (Å²) < 4.78 is 0. The molecule has 0 aromatic carbocycles. The second-order valence-corrected chi connectivity index (χ2v) is 6.06. The Bertz CT molecular complexity index is 326. The first-order valence-electron chi connectivity index (χ1n) is 7.50. The molecular weight excluding hydrogens is 220 g/mol. The molecule has 0 spiro atoms. The highest BCUT2D eigenvalue weighted by atomic mass is 15.2. The van der Waals surface area contributed by atoms with Crippen molar-refractivity contribution in [1.29, 1.82) is 0 Å². The molecule has 2 nitrogen and oxygen atoms in total. The van der Waals surface area contributed by atoms with Crippen LogP contribution in [0.3, 0.4) is 0 Å². The minimum Gasteiger partial charge on any atom is -0.368 e. The van der Waals surface area contributed by atoms with Gasteiger partial charge in [-0.05, 0) is 31.9 Å². The van der Waals surface area contributed by atoms with Crippen LogP contribution in [0.1, 0.15) is 52.4 Å². The molecule has 2 rings (SSSR count). The molecule has 0 heterocycles. The van der Waals surface area contributed by atoms with Gasteiger partial charge in [0.15, 0.2) is 0 Å². The zero-order valence-electron chi connectivity index (χ0n) is 12.2. The molecule has 0 aromatic heterocycles. The predicted octanol–water partition coefficient (Wildman–Crippen LogP) is 3.67. The molecule has 0 radical (unpaired) electrons. The summed E-state index contributed by atoms with van der Waals surface area (Å²) in [6.07, 6.45) is 12.8.